The maximum absolute atomic E-state index is 12.3. The van der Waals surface area contributed by atoms with Gasteiger partial charge in [0.25, 0.3) is 17.7 Å². The van der Waals surface area contributed by atoms with E-state index < -0.39 is 29.7 Å². The summed E-state index contributed by atoms with van der Waals surface area (Å²) < 4.78 is 5.11. The van der Waals surface area contributed by atoms with Crippen molar-refractivity contribution in [2.75, 3.05) is 7.11 Å². The third-order valence-corrected chi connectivity index (χ3v) is 3.99. The number of nitrogens with zero attached hydrogens (tertiary/aromatic N) is 1. The minimum atomic E-state index is -1.10. The molecule has 8 heteroatoms. The summed E-state index contributed by atoms with van der Waals surface area (Å²) in [6.07, 6.45) is 0. The molecule has 0 unspecified atom stereocenters. The Morgan fingerprint density at radius 1 is 0.963 bits per heavy atom. The Labute approximate surface area is 154 Å². The fourth-order valence-electron chi connectivity index (χ4n) is 2.58. The fraction of sp³-hybridized carbons (Fsp3) is 0.158. The quantitative estimate of drug-likeness (QED) is 0.804. The molecule has 1 aliphatic rings. The van der Waals surface area contributed by atoms with Gasteiger partial charge in [-0.3, -0.25) is 14.4 Å². The number of carbonyl (C=O) groups is 4. The molecule has 1 aliphatic heterocycles. The van der Waals surface area contributed by atoms with Crippen LogP contribution in [0.1, 0.15) is 38.0 Å². The number of ether oxygens (including phenoxy) is 1. The zero-order valence-corrected chi connectivity index (χ0v) is 14.6. The van der Waals surface area contributed by atoms with Gasteiger partial charge in [0.15, 0.2) is 0 Å². The molecule has 138 valence electrons. The van der Waals surface area contributed by atoms with Crippen molar-refractivity contribution >= 4 is 23.7 Å². The van der Waals surface area contributed by atoms with Crippen molar-refractivity contribution in [3.8, 4) is 5.75 Å². The first-order valence-electron chi connectivity index (χ1n) is 8.07. The molecular weight excluding hydrogens is 352 g/mol. The molecule has 1 heterocycles. The van der Waals surface area contributed by atoms with Crippen LogP contribution >= 0.6 is 0 Å². The number of nitrogens with one attached hydrogen (secondary N) is 1. The fourth-order valence-corrected chi connectivity index (χ4v) is 2.58. The van der Waals surface area contributed by atoms with Crippen LogP contribution < -0.4 is 10.1 Å². The molecule has 2 aromatic carbocycles. The van der Waals surface area contributed by atoms with Crippen molar-refractivity contribution in [2.45, 2.75) is 13.0 Å². The molecule has 0 radical (unpaired) electrons. The molecule has 0 bridgehead atoms. The molecule has 8 nitrogen and oxygen atoms in total. The molecule has 0 fully saturated rings. The van der Waals surface area contributed by atoms with Crippen LogP contribution in [0.2, 0.25) is 0 Å². The molecular formula is C19H16N2O6. The van der Waals surface area contributed by atoms with Gasteiger partial charge in [-0.05, 0) is 31.2 Å². The Balaban J connectivity index is 1.67. The smallest absolute Gasteiger partial charge is 0.354 e. The standard InChI is InChI=1S/C19H16N2O6/c1-11(20-16(22)14-9-5-6-10-15(14)26-2)19(25)27-21-17(23)12-7-3-4-8-13(12)18(21)24/h3-11H,1-2H3,(H,20,22)/t11-/m0/s1. The zero-order valence-electron chi connectivity index (χ0n) is 14.6. The Morgan fingerprint density at radius 3 is 2.11 bits per heavy atom. The SMILES string of the molecule is COc1ccccc1C(=O)N[C@@H](C)C(=O)ON1C(=O)c2ccccc2C1=O. The minimum Gasteiger partial charge on any atom is -0.496 e. The second-order valence-corrected chi connectivity index (χ2v) is 5.76. The van der Waals surface area contributed by atoms with Gasteiger partial charge < -0.3 is 14.9 Å². The van der Waals surface area contributed by atoms with E-state index in [-0.39, 0.29) is 16.7 Å². The van der Waals surface area contributed by atoms with E-state index in [1.165, 1.54) is 32.2 Å². The van der Waals surface area contributed by atoms with E-state index in [0.717, 1.165) is 0 Å². The van der Waals surface area contributed by atoms with Crippen molar-refractivity contribution in [2.24, 2.45) is 0 Å². The predicted octanol–water partition coefficient (Wildman–Crippen LogP) is 1.57. The number of imide groups is 1. The monoisotopic (exact) mass is 368 g/mol. The molecule has 27 heavy (non-hydrogen) atoms. The number of para-hydroxylation sites is 1. The molecule has 1 atom stereocenters. The summed E-state index contributed by atoms with van der Waals surface area (Å²) in [4.78, 5) is 53.9. The molecule has 0 spiro atoms. The van der Waals surface area contributed by atoms with Crippen LogP contribution in [0.4, 0.5) is 0 Å². The van der Waals surface area contributed by atoms with Gasteiger partial charge >= 0.3 is 5.97 Å². The van der Waals surface area contributed by atoms with Crippen LogP contribution in [0.5, 0.6) is 5.75 Å². The Bertz CT molecular complexity index is 904. The van der Waals surface area contributed by atoms with Crippen LogP contribution in [0, 0.1) is 0 Å². The van der Waals surface area contributed by atoms with E-state index in [1.54, 1.807) is 30.3 Å². The molecule has 0 saturated heterocycles. The van der Waals surface area contributed by atoms with Crippen molar-refractivity contribution in [1.29, 1.82) is 0 Å². The summed E-state index contributed by atoms with van der Waals surface area (Å²) in [7, 11) is 1.42. The highest BCUT2D eigenvalue weighted by Gasteiger charge is 2.39. The zero-order chi connectivity index (χ0) is 19.6. The second kappa shape index (κ2) is 7.28. The maximum Gasteiger partial charge on any atom is 0.354 e. The molecule has 3 rings (SSSR count). The predicted molar refractivity (Wildman–Crippen MR) is 93.0 cm³/mol. The number of fused-ring (bicyclic) bond motifs is 1. The topological polar surface area (TPSA) is 102 Å². The summed E-state index contributed by atoms with van der Waals surface area (Å²) in [5, 5.41) is 2.85. The first-order chi connectivity index (χ1) is 12.9. The summed E-state index contributed by atoms with van der Waals surface area (Å²) in [5.74, 6) is -2.62. The molecule has 2 aromatic rings. The first-order valence-corrected chi connectivity index (χ1v) is 8.07. The van der Waals surface area contributed by atoms with Gasteiger partial charge in [0.05, 0.1) is 23.8 Å². The van der Waals surface area contributed by atoms with Crippen LogP contribution in [-0.2, 0) is 9.63 Å². The van der Waals surface area contributed by atoms with Crippen molar-refractivity contribution in [1.82, 2.24) is 10.4 Å². The highest BCUT2D eigenvalue weighted by molar-refractivity contribution is 6.21. The summed E-state index contributed by atoms with van der Waals surface area (Å²) in [5.41, 5.74) is 0.544. The van der Waals surface area contributed by atoms with Gasteiger partial charge in [0, 0.05) is 0 Å². The highest BCUT2D eigenvalue weighted by atomic mass is 16.7. The molecule has 0 aromatic heterocycles. The van der Waals surface area contributed by atoms with E-state index in [9.17, 15) is 19.2 Å². The first kappa shape index (κ1) is 18.1. The minimum absolute atomic E-state index is 0.154. The number of hydrogen-bond acceptors (Lipinski definition) is 6. The Kier molecular flexibility index (Phi) is 4.89. The largest absolute Gasteiger partial charge is 0.496 e. The third-order valence-electron chi connectivity index (χ3n) is 3.99. The van der Waals surface area contributed by atoms with E-state index in [4.69, 9.17) is 9.57 Å². The lowest BCUT2D eigenvalue weighted by Gasteiger charge is -2.17. The lowest BCUT2D eigenvalue weighted by Crippen LogP contribution is -2.43. The summed E-state index contributed by atoms with van der Waals surface area (Å²) >= 11 is 0. The number of methoxy groups -OCH3 is 1. The number of rotatable bonds is 5. The van der Waals surface area contributed by atoms with E-state index in [1.807, 2.05) is 0 Å². The van der Waals surface area contributed by atoms with Gasteiger partial charge in [0.2, 0.25) is 0 Å². The molecule has 1 N–H and O–H groups in total. The molecule has 0 aliphatic carbocycles. The third kappa shape index (κ3) is 3.37. The van der Waals surface area contributed by atoms with Gasteiger partial charge in [0.1, 0.15) is 11.8 Å². The lowest BCUT2D eigenvalue weighted by molar-refractivity contribution is -0.170. The average molecular weight is 368 g/mol. The van der Waals surface area contributed by atoms with E-state index in [0.29, 0.717) is 10.8 Å². The van der Waals surface area contributed by atoms with Crippen LogP contribution in [0.15, 0.2) is 48.5 Å². The lowest BCUT2D eigenvalue weighted by atomic mass is 10.1. The van der Waals surface area contributed by atoms with Crippen molar-refractivity contribution < 1.29 is 28.8 Å². The molecule has 0 saturated carbocycles. The summed E-state index contributed by atoms with van der Waals surface area (Å²) in [6, 6.07) is 11.5. The van der Waals surface area contributed by atoms with E-state index in [2.05, 4.69) is 5.32 Å². The van der Waals surface area contributed by atoms with Crippen LogP contribution in [0.3, 0.4) is 0 Å². The summed E-state index contributed by atoms with van der Waals surface area (Å²) in [6.45, 7) is 1.38. The van der Waals surface area contributed by atoms with Gasteiger partial charge in [-0.1, -0.05) is 29.3 Å². The number of amides is 3. The van der Waals surface area contributed by atoms with Crippen molar-refractivity contribution in [3.05, 3.63) is 65.2 Å². The maximum atomic E-state index is 12.3. The molecule has 3 amide bonds. The number of hydroxylamine groups is 2. The number of benzene rings is 2. The van der Waals surface area contributed by atoms with Gasteiger partial charge in [-0.25, -0.2) is 4.79 Å². The van der Waals surface area contributed by atoms with Crippen molar-refractivity contribution in [3.63, 3.8) is 0 Å². The second-order valence-electron chi connectivity index (χ2n) is 5.76. The number of hydrogen-bond donors (Lipinski definition) is 1. The van der Waals surface area contributed by atoms with Gasteiger partial charge in [-0.15, -0.1) is 0 Å². The Hall–Kier alpha value is -3.68. The van der Waals surface area contributed by atoms with E-state index >= 15 is 0 Å². The van der Waals surface area contributed by atoms with Gasteiger partial charge in [-0.2, -0.15) is 0 Å². The number of carbonyl (C=O) groups excluding carboxylic acids is 4. The average Bonchev–Trinajstić information content (AvgIpc) is 2.93. The van der Waals surface area contributed by atoms with Crippen LogP contribution in [0.25, 0.3) is 0 Å². The highest BCUT2D eigenvalue weighted by Crippen LogP contribution is 2.23. The normalized spacial score (nSPS) is 13.8. The van der Waals surface area contributed by atoms with Crippen LogP contribution in [-0.4, -0.2) is 41.9 Å². The Morgan fingerprint density at radius 2 is 1.52 bits per heavy atom.